The topological polar surface area (TPSA) is 279 Å². The first-order chi connectivity index (χ1) is 15.4. The van der Waals surface area contributed by atoms with Gasteiger partial charge in [0.05, 0.1) is 0 Å². The van der Waals surface area contributed by atoms with Gasteiger partial charge in [0.15, 0.2) is 22.9 Å². The molecule has 2 aromatic rings. The molecule has 2 aromatic heterocycles. The van der Waals surface area contributed by atoms with Gasteiger partial charge in [-0.2, -0.15) is 13.6 Å². The third-order valence-corrected chi connectivity index (χ3v) is 8.10. The number of aromatic nitrogens is 4. The van der Waals surface area contributed by atoms with Crippen molar-refractivity contribution in [1.29, 1.82) is 0 Å². The monoisotopic (exact) mass is 549 g/mol. The fraction of sp³-hybridized carbons (Fsp3) is 0.417. The molecule has 1 aliphatic rings. The molecule has 0 bridgehead atoms. The maximum Gasteiger partial charge on any atom is 0.490 e. The predicted octanol–water partition coefficient (Wildman–Crippen LogP) is -1.57. The summed E-state index contributed by atoms with van der Waals surface area (Å²) in [5.41, 5.74) is 1.33. The van der Waals surface area contributed by atoms with E-state index in [1.807, 2.05) is 5.92 Å². The van der Waals surface area contributed by atoms with E-state index in [0.29, 0.717) is 4.57 Å². The number of rotatable bonds is 8. The van der Waals surface area contributed by atoms with E-state index in [1.54, 1.807) is 0 Å². The number of hydrogen-bond acceptors (Lipinski definition) is 12. The summed E-state index contributed by atoms with van der Waals surface area (Å²) in [6, 6.07) is 0. The Bertz CT molecular complexity index is 1370. The Hall–Kier alpha value is -2.03. The molecule has 0 amide bonds. The van der Waals surface area contributed by atoms with Gasteiger partial charge < -0.3 is 35.2 Å². The number of nitrogens with zero attached hydrogens (tertiary/aromatic N) is 3. The lowest BCUT2D eigenvalue weighted by molar-refractivity contribution is -0.0719. The average molecular weight is 549 g/mol. The number of ether oxygens (including phenoxy) is 1. The fourth-order valence-electron chi connectivity index (χ4n) is 2.91. The Morgan fingerprint density at radius 3 is 2.56 bits per heavy atom. The lowest BCUT2D eigenvalue weighted by Crippen LogP contribution is -2.50. The number of aromatic amines is 1. The number of fused-ring (bicyclic) bond motifs is 1. The molecule has 22 heteroatoms. The van der Waals surface area contributed by atoms with E-state index in [0.717, 1.165) is 6.33 Å². The van der Waals surface area contributed by atoms with Crippen molar-refractivity contribution in [3.63, 3.8) is 0 Å². The van der Waals surface area contributed by atoms with Crippen LogP contribution in [0.4, 0.5) is 10.3 Å². The number of nitrogens with one attached hydrogen (secondary N) is 1. The van der Waals surface area contributed by atoms with Gasteiger partial charge in [-0.25, -0.2) is 23.1 Å². The van der Waals surface area contributed by atoms with Crippen molar-refractivity contribution in [1.82, 2.24) is 19.5 Å². The summed E-state index contributed by atoms with van der Waals surface area (Å²) in [5, 5.41) is 10.7. The van der Waals surface area contributed by atoms with Gasteiger partial charge in [0, 0.05) is 0 Å². The van der Waals surface area contributed by atoms with Crippen LogP contribution in [0, 0.1) is 12.3 Å². The van der Waals surface area contributed by atoms with Gasteiger partial charge in [0.25, 0.3) is 5.56 Å². The Morgan fingerprint density at radius 2 is 1.97 bits per heavy atom. The Balaban J connectivity index is 1.86. The molecule has 1 saturated heterocycles. The first-order valence-electron chi connectivity index (χ1n) is 8.44. The SMILES string of the molecule is C#C[C@]1(COP(=O)(O)OP(=O)(O)OP(=O)(O)O)OC[C@](F)(n2cnc3c(=O)[nH]c(N)nc32)[C@@H]1O. The quantitative estimate of drug-likeness (QED) is 0.145. The Morgan fingerprint density at radius 1 is 1.32 bits per heavy atom. The summed E-state index contributed by atoms with van der Waals surface area (Å²) in [6.45, 7) is -2.37. The van der Waals surface area contributed by atoms with Crippen LogP contribution in [-0.2, 0) is 37.4 Å². The summed E-state index contributed by atoms with van der Waals surface area (Å²) in [4.78, 5) is 57.3. The lowest BCUT2D eigenvalue weighted by atomic mass is 9.94. The number of nitrogen functional groups attached to an aromatic ring is 1. The van der Waals surface area contributed by atoms with Gasteiger partial charge in [-0.05, 0) is 0 Å². The molecule has 5 atom stereocenters. The maximum absolute atomic E-state index is 15.9. The second kappa shape index (κ2) is 8.57. The number of terminal acetylenes is 1. The van der Waals surface area contributed by atoms with Gasteiger partial charge in [0.1, 0.15) is 19.5 Å². The van der Waals surface area contributed by atoms with Gasteiger partial charge in [-0.1, -0.05) is 5.92 Å². The van der Waals surface area contributed by atoms with Gasteiger partial charge in [-0.3, -0.25) is 18.9 Å². The van der Waals surface area contributed by atoms with Crippen LogP contribution in [0.1, 0.15) is 0 Å². The van der Waals surface area contributed by atoms with Crippen molar-refractivity contribution in [3.05, 3.63) is 16.7 Å². The number of nitrogens with two attached hydrogens (primary N) is 1. The van der Waals surface area contributed by atoms with Gasteiger partial charge in [0.2, 0.25) is 11.7 Å². The smallest absolute Gasteiger partial charge is 0.383 e. The summed E-state index contributed by atoms with van der Waals surface area (Å²) < 4.78 is 67.1. The number of phosphoric ester groups is 1. The fourth-order valence-corrected chi connectivity index (χ4v) is 5.96. The standard InChI is InChI=1S/C12H15FN5O13P3/c1-2-11(3-29-33(24,25)31-34(26,27)30-32(21,22)23)9(20)12(13,4-28-11)18-5-15-6-7(18)16-10(14)17-8(6)19/h1,5,9,20H,3-4H2,(H,24,25)(H,26,27)(H2,21,22,23)(H3,14,16,17,19)/t9-,11-,12+/m1/s1. The summed E-state index contributed by atoms with van der Waals surface area (Å²) in [5.74, 6) is -1.56. The van der Waals surface area contributed by atoms with E-state index in [2.05, 4.69) is 28.1 Å². The van der Waals surface area contributed by atoms with E-state index in [4.69, 9.17) is 26.7 Å². The zero-order chi connectivity index (χ0) is 25.7. The van der Waals surface area contributed by atoms with E-state index < -0.39 is 71.3 Å². The molecule has 0 saturated carbocycles. The molecule has 1 fully saturated rings. The minimum Gasteiger partial charge on any atom is -0.383 e. The van der Waals surface area contributed by atoms with E-state index in [9.17, 15) is 33.4 Å². The van der Waals surface area contributed by atoms with Crippen molar-refractivity contribution >= 4 is 40.6 Å². The first-order valence-corrected chi connectivity index (χ1v) is 13.0. The predicted molar refractivity (Wildman–Crippen MR) is 105 cm³/mol. The van der Waals surface area contributed by atoms with Gasteiger partial charge in [-0.15, -0.1) is 6.42 Å². The van der Waals surface area contributed by atoms with Crippen LogP contribution in [0.2, 0.25) is 0 Å². The molecule has 8 N–H and O–H groups in total. The summed E-state index contributed by atoms with van der Waals surface area (Å²) in [6.07, 6.45) is 3.69. The highest BCUT2D eigenvalue weighted by molar-refractivity contribution is 7.66. The highest BCUT2D eigenvalue weighted by Gasteiger charge is 2.61. The number of halogens is 1. The van der Waals surface area contributed by atoms with Crippen LogP contribution in [0.5, 0.6) is 0 Å². The molecule has 2 unspecified atom stereocenters. The van der Waals surface area contributed by atoms with Crippen LogP contribution in [0.15, 0.2) is 11.1 Å². The minimum atomic E-state index is -5.84. The zero-order valence-corrected chi connectivity index (χ0v) is 19.0. The Labute approximate surface area is 186 Å². The third kappa shape index (κ3) is 5.14. The molecule has 18 nitrogen and oxygen atoms in total. The zero-order valence-electron chi connectivity index (χ0n) is 16.3. The van der Waals surface area contributed by atoms with Crippen LogP contribution < -0.4 is 11.3 Å². The van der Waals surface area contributed by atoms with Crippen molar-refractivity contribution < 1.29 is 60.6 Å². The number of phosphoric acid groups is 3. The number of anilines is 1. The highest BCUT2D eigenvalue weighted by Crippen LogP contribution is 2.66. The van der Waals surface area contributed by atoms with E-state index in [-0.39, 0.29) is 5.52 Å². The van der Waals surface area contributed by atoms with Crippen molar-refractivity contribution in [2.75, 3.05) is 18.9 Å². The number of imidazole rings is 1. The second-order valence-electron chi connectivity index (χ2n) is 6.65. The molecule has 0 aromatic carbocycles. The highest BCUT2D eigenvalue weighted by atomic mass is 31.3. The number of alkyl halides is 1. The lowest BCUT2D eigenvalue weighted by Gasteiger charge is -2.30. The largest absolute Gasteiger partial charge is 0.490 e. The molecule has 0 aliphatic carbocycles. The second-order valence-corrected chi connectivity index (χ2v) is 11.1. The molecule has 34 heavy (non-hydrogen) atoms. The molecular weight excluding hydrogens is 534 g/mol. The maximum atomic E-state index is 15.9. The number of H-pyrrole nitrogens is 1. The molecule has 1 aliphatic heterocycles. The van der Waals surface area contributed by atoms with Crippen molar-refractivity contribution in [3.8, 4) is 12.3 Å². The molecule has 3 rings (SSSR count). The average Bonchev–Trinajstić information content (AvgIpc) is 3.19. The van der Waals surface area contributed by atoms with Crippen LogP contribution in [0.25, 0.3) is 11.2 Å². The summed E-state index contributed by atoms with van der Waals surface area (Å²) in [7, 11) is -17.1. The molecule has 188 valence electrons. The molecule has 0 radical (unpaired) electrons. The summed E-state index contributed by atoms with van der Waals surface area (Å²) >= 11 is 0. The van der Waals surface area contributed by atoms with Crippen LogP contribution >= 0.6 is 23.5 Å². The van der Waals surface area contributed by atoms with Crippen molar-refractivity contribution in [2.24, 2.45) is 0 Å². The van der Waals surface area contributed by atoms with E-state index >= 15 is 4.39 Å². The number of aliphatic hydroxyl groups excluding tert-OH is 1. The van der Waals surface area contributed by atoms with Gasteiger partial charge >= 0.3 is 23.5 Å². The minimum absolute atomic E-state index is 0.357. The molecule has 0 spiro atoms. The third-order valence-electron chi connectivity index (χ3n) is 4.32. The van der Waals surface area contributed by atoms with Crippen molar-refractivity contribution in [2.45, 2.75) is 17.5 Å². The normalized spacial score (nSPS) is 28.9. The van der Waals surface area contributed by atoms with Crippen LogP contribution in [0.3, 0.4) is 0 Å². The van der Waals surface area contributed by atoms with E-state index in [1.165, 1.54) is 0 Å². The Kier molecular flexibility index (Phi) is 6.70. The van der Waals surface area contributed by atoms with Crippen LogP contribution in [-0.4, -0.2) is 69.1 Å². The molecule has 3 heterocycles. The first kappa shape index (κ1) is 26.6. The number of hydrogen-bond donors (Lipinski definition) is 7. The molecular formula is C12H15FN5O13P3. The number of aliphatic hydroxyl groups is 1.